The zero-order valence-electron chi connectivity index (χ0n) is 7.42. The van der Waals surface area contributed by atoms with E-state index in [1.807, 2.05) is 0 Å². The molecule has 0 unspecified atom stereocenters. The maximum Gasteiger partial charge on any atom is 0.336 e. The standard InChI is InChI=1S/C8H12O4/c1-5(8(10)11-4)6(2)12-7(3)9/h6H,1H2,2-4H3/t6-/m0/s1. The van der Waals surface area contributed by atoms with Crippen molar-refractivity contribution in [2.24, 2.45) is 0 Å². The maximum absolute atomic E-state index is 10.8. The molecule has 0 rings (SSSR count). The average molecular weight is 172 g/mol. The molecule has 4 nitrogen and oxygen atoms in total. The van der Waals surface area contributed by atoms with Crippen LogP contribution >= 0.6 is 0 Å². The second-order valence-corrected chi connectivity index (χ2v) is 2.27. The van der Waals surface area contributed by atoms with Crippen LogP contribution in [0.1, 0.15) is 13.8 Å². The second-order valence-electron chi connectivity index (χ2n) is 2.27. The van der Waals surface area contributed by atoms with Crippen molar-refractivity contribution in [3.05, 3.63) is 12.2 Å². The Hall–Kier alpha value is -1.32. The third-order valence-corrected chi connectivity index (χ3v) is 1.28. The lowest BCUT2D eigenvalue weighted by atomic mass is 10.2. The number of carbonyl (C=O) groups is 2. The van der Waals surface area contributed by atoms with E-state index in [4.69, 9.17) is 4.74 Å². The summed E-state index contributed by atoms with van der Waals surface area (Å²) in [6, 6.07) is 0. The highest BCUT2D eigenvalue weighted by Gasteiger charge is 2.16. The predicted molar refractivity (Wildman–Crippen MR) is 42.4 cm³/mol. The number of hydrogen-bond acceptors (Lipinski definition) is 4. The minimum absolute atomic E-state index is 0.132. The first kappa shape index (κ1) is 10.7. The summed E-state index contributed by atoms with van der Waals surface area (Å²) in [4.78, 5) is 21.3. The van der Waals surface area contributed by atoms with Gasteiger partial charge < -0.3 is 9.47 Å². The third-order valence-electron chi connectivity index (χ3n) is 1.28. The Morgan fingerprint density at radius 2 is 1.92 bits per heavy atom. The summed E-state index contributed by atoms with van der Waals surface area (Å²) in [7, 11) is 1.24. The van der Waals surface area contributed by atoms with Crippen LogP contribution in [0.25, 0.3) is 0 Å². The zero-order chi connectivity index (χ0) is 9.72. The number of esters is 2. The predicted octanol–water partition coefficient (Wildman–Crippen LogP) is 0.667. The van der Waals surface area contributed by atoms with Crippen LogP contribution in [0.5, 0.6) is 0 Å². The molecule has 0 aromatic rings. The fourth-order valence-electron chi connectivity index (χ4n) is 0.617. The monoisotopic (exact) mass is 172 g/mol. The lowest BCUT2D eigenvalue weighted by Gasteiger charge is -2.12. The van der Waals surface area contributed by atoms with Crippen LogP contribution in [0.2, 0.25) is 0 Å². The van der Waals surface area contributed by atoms with E-state index in [0.717, 1.165) is 0 Å². The minimum atomic E-state index is -0.630. The van der Waals surface area contributed by atoms with Gasteiger partial charge in [0.15, 0.2) is 0 Å². The number of hydrogen-bond donors (Lipinski definition) is 0. The van der Waals surface area contributed by atoms with Crippen molar-refractivity contribution in [1.29, 1.82) is 0 Å². The Kier molecular flexibility index (Phi) is 4.04. The van der Waals surface area contributed by atoms with Gasteiger partial charge in [-0.1, -0.05) is 6.58 Å². The number of carbonyl (C=O) groups excluding carboxylic acids is 2. The Morgan fingerprint density at radius 1 is 1.42 bits per heavy atom. The van der Waals surface area contributed by atoms with Crippen molar-refractivity contribution in [1.82, 2.24) is 0 Å². The van der Waals surface area contributed by atoms with Crippen LogP contribution in [0, 0.1) is 0 Å². The molecule has 0 aliphatic rings. The molecule has 0 aliphatic heterocycles. The quantitative estimate of drug-likeness (QED) is 0.463. The van der Waals surface area contributed by atoms with Crippen LogP contribution < -0.4 is 0 Å². The van der Waals surface area contributed by atoms with Gasteiger partial charge in [-0.05, 0) is 6.92 Å². The molecular formula is C8H12O4. The van der Waals surface area contributed by atoms with Crippen LogP contribution in [0.15, 0.2) is 12.2 Å². The van der Waals surface area contributed by atoms with Crippen LogP contribution in [0.4, 0.5) is 0 Å². The molecule has 68 valence electrons. The summed E-state index contributed by atoms with van der Waals surface area (Å²) in [5.41, 5.74) is 0.132. The van der Waals surface area contributed by atoms with Crippen LogP contribution in [0.3, 0.4) is 0 Å². The summed E-state index contributed by atoms with van der Waals surface area (Å²) >= 11 is 0. The van der Waals surface area contributed by atoms with Gasteiger partial charge in [0.05, 0.1) is 12.7 Å². The molecule has 0 radical (unpaired) electrons. The van der Waals surface area contributed by atoms with E-state index in [1.165, 1.54) is 14.0 Å². The van der Waals surface area contributed by atoms with Gasteiger partial charge in [-0.2, -0.15) is 0 Å². The molecule has 0 heterocycles. The largest absolute Gasteiger partial charge is 0.466 e. The van der Waals surface area contributed by atoms with E-state index in [9.17, 15) is 9.59 Å². The topological polar surface area (TPSA) is 52.6 Å². The molecule has 0 aromatic heterocycles. The minimum Gasteiger partial charge on any atom is -0.466 e. The molecule has 0 fully saturated rings. The van der Waals surface area contributed by atoms with Crippen molar-refractivity contribution < 1.29 is 19.1 Å². The first-order valence-corrected chi connectivity index (χ1v) is 3.43. The molecule has 0 saturated heterocycles. The zero-order valence-corrected chi connectivity index (χ0v) is 7.42. The van der Waals surface area contributed by atoms with Crippen molar-refractivity contribution in [3.63, 3.8) is 0 Å². The normalized spacial score (nSPS) is 11.6. The van der Waals surface area contributed by atoms with Crippen molar-refractivity contribution in [2.75, 3.05) is 7.11 Å². The molecule has 4 heteroatoms. The van der Waals surface area contributed by atoms with E-state index in [1.54, 1.807) is 6.92 Å². The molecular weight excluding hydrogens is 160 g/mol. The highest BCUT2D eigenvalue weighted by Crippen LogP contribution is 2.05. The Labute approximate surface area is 71.2 Å². The number of rotatable bonds is 3. The van der Waals surface area contributed by atoms with Gasteiger partial charge in [-0.3, -0.25) is 4.79 Å². The van der Waals surface area contributed by atoms with Crippen LogP contribution in [-0.2, 0) is 19.1 Å². The van der Waals surface area contributed by atoms with Crippen LogP contribution in [-0.4, -0.2) is 25.2 Å². The molecule has 0 N–H and O–H groups in total. The average Bonchev–Trinajstić information content (AvgIpc) is 2.00. The second kappa shape index (κ2) is 4.54. The van der Waals surface area contributed by atoms with Gasteiger partial charge >= 0.3 is 11.9 Å². The molecule has 0 aromatic carbocycles. The molecule has 12 heavy (non-hydrogen) atoms. The maximum atomic E-state index is 10.8. The first-order valence-electron chi connectivity index (χ1n) is 3.43. The fourth-order valence-corrected chi connectivity index (χ4v) is 0.617. The van der Waals surface area contributed by atoms with Gasteiger partial charge in [0, 0.05) is 6.92 Å². The summed E-state index contributed by atoms with van der Waals surface area (Å²) in [6.45, 7) is 6.25. The molecule has 0 spiro atoms. The van der Waals surface area contributed by atoms with Gasteiger partial charge in [0.25, 0.3) is 0 Å². The number of ether oxygens (including phenoxy) is 2. The highest BCUT2D eigenvalue weighted by molar-refractivity contribution is 5.89. The lowest BCUT2D eigenvalue weighted by molar-refractivity contribution is -0.146. The fraction of sp³-hybridized carbons (Fsp3) is 0.500. The Bertz CT molecular complexity index is 207. The molecule has 1 atom stereocenters. The summed E-state index contributed by atoms with van der Waals surface area (Å²) < 4.78 is 9.08. The van der Waals surface area contributed by atoms with Gasteiger partial charge in [-0.15, -0.1) is 0 Å². The van der Waals surface area contributed by atoms with E-state index >= 15 is 0 Å². The van der Waals surface area contributed by atoms with Gasteiger partial charge in [0.2, 0.25) is 0 Å². The van der Waals surface area contributed by atoms with E-state index in [-0.39, 0.29) is 5.57 Å². The van der Waals surface area contributed by atoms with E-state index in [2.05, 4.69) is 11.3 Å². The van der Waals surface area contributed by atoms with Gasteiger partial charge in [0.1, 0.15) is 6.10 Å². The lowest BCUT2D eigenvalue weighted by Crippen LogP contribution is -2.20. The van der Waals surface area contributed by atoms with Crippen molar-refractivity contribution in [2.45, 2.75) is 20.0 Å². The molecule has 0 aliphatic carbocycles. The highest BCUT2D eigenvalue weighted by atomic mass is 16.6. The third kappa shape index (κ3) is 3.18. The first-order chi connectivity index (χ1) is 5.49. The molecule has 0 bridgehead atoms. The molecule has 0 saturated carbocycles. The molecule has 0 amide bonds. The van der Waals surface area contributed by atoms with Gasteiger partial charge in [-0.25, -0.2) is 4.79 Å². The van der Waals surface area contributed by atoms with E-state index in [0.29, 0.717) is 0 Å². The Balaban J connectivity index is 4.10. The van der Waals surface area contributed by atoms with Crippen molar-refractivity contribution >= 4 is 11.9 Å². The summed E-state index contributed by atoms with van der Waals surface area (Å²) in [6.07, 6.45) is -0.630. The smallest absolute Gasteiger partial charge is 0.336 e. The SMILES string of the molecule is C=C(C(=O)OC)[C@H](C)OC(C)=O. The van der Waals surface area contributed by atoms with Crippen molar-refractivity contribution in [3.8, 4) is 0 Å². The summed E-state index contributed by atoms with van der Waals surface area (Å²) in [5, 5.41) is 0. The number of methoxy groups -OCH3 is 1. The Morgan fingerprint density at radius 3 is 2.25 bits per heavy atom. The van der Waals surface area contributed by atoms with E-state index < -0.39 is 18.0 Å². The summed E-state index contributed by atoms with van der Waals surface area (Å²) in [5.74, 6) is -1.02.